The highest BCUT2D eigenvalue weighted by Gasteiger charge is 2.30. The normalized spacial score (nSPS) is 13.4. The van der Waals surface area contributed by atoms with E-state index in [1.165, 1.54) is 17.5 Å². The standard InChI is InChI=1S/C23H22N6O/c30-21(14-29-16-24-15-25-29)28-12-11-20-19(13-28)23(27-26-20)22(17-7-3-1-4-8-17)18-9-5-2-6-10-18/h1-10,15-16,22H,11-14H2,(H,26,27). The van der Waals surface area contributed by atoms with Crippen LogP contribution in [-0.4, -0.2) is 42.3 Å². The lowest BCUT2D eigenvalue weighted by Gasteiger charge is -2.28. The third kappa shape index (κ3) is 3.50. The molecule has 0 saturated heterocycles. The molecule has 150 valence electrons. The van der Waals surface area contributed by atoms with Gasteiger partial charge in [-0.05, 0) is 11.1 Å². The van der Waals surface area contributed by atoms with Crippen molar-refractivity contribution < 1.29 is 4.79 Å². The van der Waals surface area contributed by atoms with Gasteiger partial charge >= 0.3 is 0 Å². The van der Waals surface area contributed by atoms with Gasteiger partial charge in [0.15, 0.2) is 0 Å². The molecule has 2 aromatic carbocycles. The predicted octanol–water partition coefficient (Wildman–Crippen LogP) is 2.77. The molecular weight excluding hydrogens is 376 g/mol. The lowest BCUT2D eigenvalue weighted by atomic mass is 9.85. The molecule has 7 heteroatoms. The molecule has 3 heterocycles. The Labute approximate surface area is 174 Å². The molecular formula is C23H22N6O. The number of hydrogen-bond acceptors (Lipinski definition) is 4. The predicted molar refractivity (Wildman–Crippen MR) is 112 cm³/mol. The molecule has 0 unspecified atom stereocenters. The topological polar surface area (TPSA) is 79.7 Å². The van der Waals surface area contributed by atoms with E-state index in [2.05, 4.69) is 63.7 Å². The molecule has 30 heavy (non-hydrogen) atoms. The summed E-state index contributed by atoms with van der Waals surface area (Å²) in [5.41, 5.74) is 5.59. The minimum absolute atomic E-state index is 0.0118. The average Bonchev–Trinajstić information content (AvgIpc) is 3.45. The molecule has 1 N–H and O–H groups in total. The Morgan fingerprint density at radius 3 is 2.37 bits per heavy atom. The summed E-state index contributed by atoms with van der Waals surface area (Å²) < 4.78 is 1.56. The Morgan fingerprint density at radius 2 is 1.73 bits per heavy atom. The van der Waals surface area contributed by atoms with Crippen LogP contribution in [0.4, 0.5) is 0 Å². The van der Waals surface area contributed by atoms with E-state index in [0.717, 1.165) is 23.4 Å². The van der Waals surface area contributed by atoms with Gasteiger partial charge in [0, 0.05) is 30.8 Å². The van der Waals surface area contributed by atoms with E-state index in [4.69, 9.17) is 5.10 Å². The SMILES string of the molecule is O=C(Cn1cncn1)N1CCc2[nH]nc(C(c3ccccc3)c3ccccc3)c2C1. The third-order valence-electron chi connectivity index (χ3n) is 5.62. The summed E-state index contributed by atoms with van der Waals surface area (Å²) in [5, 5.41) is 12.0. The van der Waals surface area contributed by atoms with Gasteiger partial charge in [0.05, 0.1) is 11.6 Å². The maximum atomic E-state index is 12.8. The molecule has 1 aliphatic rings. The van der Waals surface area contributed by atoms with Crippen molar-refractivity contribution in [3.8, 4) is 0 Å². The number of H-pyrrole nitrogens is 1. The molecule has 7 nitrogen and oxygen atoms in total. The number of nitrogens with one attached hydrogen (secondary N) is 1. The number of benzene rings is 2. The van der Waals surface area contributed by atoms with Crippen LogP contribution < -0.4 is 0 Å². The van der Waals surface area contributed by atoms with E-state index in [1.807, 2.05) is 17.0 Å². The zero-order valence-electron chi connectivity index (χ0n) is 16.5. The van der Waals surface area contributed by atoms with Crippen LogP contribution in [0, 0.1) is 0 Å². The lowest BCUT2D eigenvalue weighted by molar-refractivity contribution is -0.133. The molecule has 1 aliphatic heterocycles. The average molecular weight is 398 g/mol. The summed E-state index contributed by atoms with van der Waals surface area (Å²) in [6, 6.07) is 20.8. The van der Waals surface area contributed by atoms with E-state index in [0.29, 0.717) is 13.1 Å². The van der Waals surface area contributed by atoms with Crippen LogP contribution in [0.5, 0.6) is 0 Å². The van der Waals surface area contributed by atoms with Gasteiger partial charge < -0.3 is 4.90 Å². The smallest absolute Gasteiger partial charge is 0.244 e. The molecule has 0 radical (unpaired) electrons. The van der Waals surface area contributed by atoms with Crippen molar-refractivity contribution in [2.75, 3.05) is 6.54 Å². The molecule has 0 fully saturated rings. The van der Waals surface area contributed by atoms with Gasteiger partial charge in [-0.1, -0.05) is 60.7 Å². The number of aromatic amines is 1. The van der Waals surface area contributed by atoms with E-state index < -0.39 is 0 Å². The number of nitrogens with zero attached hydrogens (tertiary/aromatic N) is 5. The second-order valence-corrected chi connectivity index (χ2v) is 7.48. The zero-order valence-corrected chi connectivity index (χ0v) is 16.5. The van der Waals surface area contributed by atoms with Crippen LogP contribution in [0.25, 0.3) is 0 Å². The number of carbonyl (C=O) groups excluding carboxylic acids is 1. The Morgan fingerprint density at radius 1 is 1.03 bits per heavy atom. The van der Waals surface area contributed by atoms with Crippen molar-refractivity contribution in [3.63, 3.8) is 0 Å². The highest BCUT2D eigenvalue weighted by Crippen LogP contribution is 2.35. The van der Waals surface area contributed by atoms with Crippen molar-refractivity contribution in [2.24, 2.45) is 0 Å². The third-order valence-corrected chi connectivity index (χ3v) is 5.62. The Balaban J connectivity index is 1.48. The summed E-state index contributed by atoms with van der Waals surface area (Å²) in [6.07, 6.45) is 3.78. The first-order chi connectivity index (χ1) is 14.8. The van der Waals surface area contributed by atoms with E-state index in [9.17, 15) is 4.79 Å². The number of carbonyl (C=O) groups is 1. The summed E-state index contributed by atoms with van der Waals surface area (Å²) in [6.45, 7) is 1.41. The molecule has 0 atom stereocenters. The largest absolute Gasteiger partial charge is 0.336 e. The molecule has 4 aromatic rings. The number of hydrogen-bond donors (Lipinski definition) is 1. The Hall–Kier alpha value is -3.74. The second-order valence-electron chi connectivity index (χ2n) is 7.48. The Kier molecular flexibility index (Phi) is 4.85. The van der Waals surface area contributed by atoms with Crippen LogP contribution >= 0.6 is 0 Å². The van der Waals surface area contributed by atoms with Crippen LogP contribution in [0.2, 0.25) is 0 Å². The molecule has 0 spiro atoms. The maximum absolute atomic E-state index is 12.8. The first kappa shape index (κ1) is 18.3. The quantitative estimate of drug-likeness (QED) is 0.561. The number of rotatable bonds is 5. The van der Waals surface area contributed by atoms with Crippen molar-refractivity contribution in [2.45, 2.75) is 25.4 Å². The first-order valence-corrected chi connectivity index (χ1v) is 10.1. The number of amides is 1. The molecule has 2 aromatic heterocycles. The molecule has 0 saturated carbocycles. The minimum Gasteiger partial charge on any atom is -0.336 e. The molecule has 1 amide bonds. The van der Waals surface area contributed by atoms with Crippen molar-refractivity contribution in [1.29, 1.82) is 0 Å². The van der Waals surface area contributed by atoms with E-state index in [1.54, 1.807) is 11.0 Å². The van der Waals surface area contributed by atoms with Crippen LogP contribution in [-0.2, 0) is 24.3 Å². The number of aromatic nitrogens is 5. The van der Waals surface area contributed by atoms with Crippen LogP contribution in [0.1, 0.15) is 34.0 Å². The van der Waals surface area contributed by atoms with Crippen molar-refractivity contribution in [3.05, 3.63) is 101 Å². The van der Waals surface area contributed by atoms with Gasteiger partial charge in [0.2, 0.25) is 5.91 Å². The van der Waals surface area contributed by atoms with E-state index in [-0.39, 0.29) is 18.4 Å². The fourth-order valence-electron chi connectivity index (χ4n) is 4.12. The fourth-order valence-corrected chi connectivity index (χ4v) is 4.12. The van der Waals surface area contributed by atoms with Gasteiger partial charge in [0.25, 0.3) is 0 Å². The lowest BCUT2D eigenvalue weighted by Crippen LogP contribution is -2.38. The monoisotopic (exact) mass is 398 g/mol. The molecule has 0 bridgehead atoms. The van der Waals surface area contributed by atoms with Crippen molar-refractivity contribution >= 4 is 5.91 Å². The first-order valence-electron chi connectivity index (χ1n) is 10.1. The summed E-state index contributed by atoms with van der Waals surface area (Å²) in [7, 11) is 0. The highest BCUT2D eigenvalue weighted by atomic mass is 16.2. The summed E-state index contributed by atoms with van der Waals surface area (Å²) >= 11 is 0. The Bertz CT molecular complexity index is 1080. The second kappa shape index (κ2) is 7.94. The van der Waals surface area contributed by atoms with Gasteiger partial charge in [-0.25, -0.2) is 9.67 Å². The van der Waals surface area contributed by atoms with Crippen LogP contribution in [0.3, 0.4) is 0 Å². The van der Waals surface area contributed by atoms with Gasteiger partial charge in [-0.15, -0.1) is 0 Å². The summed E-state index contributed by atoms with van der Waals surface area (Å²) in [5.74, 6) is 0.0482. The minimum atomic E-state index is 0.0118. The summed E-state index contributed by atoms with van der Waals surface area (Å²) in [4.78, 5) is 18.6. The van der Waals surface area contributed by atoms with Crippen molar-refractivity contribution in [1.82, 2.24) is 29.9 Å². The number of fused-ring (bicyclic) bond motifs is 1. The van der Waals surface area contributed by atoms with E-state index >= 15 is 0 Å². The van der Waals surface area contributed by atoms with Crippen LogP contribution in [0.15, 0.2) is 73.3 Å². The zero-order chi connectivity index (χ0) is 20.3. The van der Waals surface area contributed by atoms with Gasteiger partial charge in [0.1, 0.15) is 19.2 Å². The molecule has 0 aliphatic carbocycles. The maximum Gasteiger partial charge on any atom is 0.244 e. The van der Waals surface area contributed by atoms with Gasteiger partial charge in [-0.2, -0.15) is 10.2 Å². The molecule has 5 rings (SSSR count). The highest BCUT2D eigenvalue weighted by molar-refractivity contribution is 5.76. The fraction of sp³-hybridized carbons (Fsp3) is 0.217. The van der Waals surface area contributed by atoms with Gasteiger partial charge in [-0.3, -0.25) is 9.89 Å².